The number of methoxy groups -OCH3 is 1. The van der Waals surface area contributed by atoms with Gasteiger partial charge in [-0.05, 0) is 48.5 Å². The molecule has 1 aliphatic rings. The van der Waals surface area contributed by atoms with Gasteiger partial charge in [-0.25, -0.2) is 4.98 Å². The summed E-state index contributed by atoms with van der Waals surface area (Å²) in [5, 5.41) is 3.76. The van der Waals surface area contributed by atoms with Crippen LogP contribution in [-0.4, -0.2) is 60.6 Å². The fourth-order valence-electron chi connectivity index (χ4n) is 3.40. The minimum absolute atomic E-state index is 0.00468. The van der Waals surface area contributed by atoms with Crippen molar-refractivity contribution in [2.45, 2.75) is 6.54 Å². The van der Waals surface area contributed by atoms with Gasteiger partial charge in [-0.2, -0.15) is 0 Å². The van der Waals surface area contributed by atoms with Crippen LogP contribution in [-0.2, 0) is 11.3 Å². The topological polar surface area (TPSA) is 54.9 Å². The van der Waals surface area contributed by atoms with Gasteiger partial charge in [0.05, 0.1) is 12.8 Å². The lowest BCUT2D eigenvalue weighted by Gasteiger charge is -2.34. The molecule has 1 aliphatic heterocycles. The molecule has 1 saturated heterocycles. The molecule has 1 aromatic heterocycles. The SMILES string of the molecule is COc1ccc(-c2nc(CN3CCN(C(=O)COc4ccc(Cl)cc4)CC3)cs2)cc1. The molecule has 1 fully saturated rings. The smallest absolute Gasteiger partial charge is 0.260 e. The van der Waals surface area contributed by atoms with Crippen molar-refractivity contribution >= 4 is 28.8 Å². The third-order valence-electron chi connectivity index (χ3n) is 5.18. The van der Waals surface area contributed by atoms with Crippen LogP contribution in [0.25, 0.3) is 10.6 Å². The average Bonchev–Trinajstić information content (AvgIpc) is 3.27. The van der Waals surface area contributed by atoms with E-state index in [0.717, 1.165) is 41.6 Å². The molecular formula is C23H24ClN3O3S. The third-order valence-corrected chi connectivity index (χ3v) is 6.37. The highest BCUT2D eigenvalue weighted by Crippen LogP contribution is 2.26. The summed E-state index contributed by atoms with van der Waals surface area (Å²) < 4.78 is 10.8. The number of thiazole rings is 1. The molecule has 0 N–H and O–H groups in total. The van der Waals surface area contributed by atoms with Gasteiger partial charge in [-0.15, -0.1) is 11.3 Å². The lowest BCUT2D eigenvalue weighted by Crippen LogP contribution is -2.49. The van der Waals surface area contributed by atoms with Crippen molar-refractivity contribution in [2.75, 3.05) is 39.9 Å². The Balaban J connectivity index is 1.24. The van der Waals surface area contributed by atoms with Crippen LogP contribution in [0.5, 0.6) is 11.5 Å². The third kappa shape index (κ3) is 5.76. The molecule has 3 aromatic rings. The predicted molar refractivity (Wildman–Crippen MR) is 123 cm³/mol. The van der Waals surface area contributed by atoms with Crippen LogP contribution in [0.15, 0.2) is 53.9 Å². The van der Waals surface area contributed by atoms with Gasteiger partial charge in [-0.3, -0.25) is 9.69 Å². The molecule has 0 atom stereocenters. The minimum atomic E-state index is 0.00468. The molecule has 0 saturated carbocycles. The summed E-state index contributed by atoms with van der Waals surface area (Å²) in [6, 6.07) is 15.0. The largest absolute Gasteiger partial charge is 0.497 e. The number of rotatable bonds is 7. The van der Waals surface area contributed by atoms with E-state index < -0.39 is 0 Å². The van der Waals surface area contributed by atoms with E-state index >= 15 is 0 Å². The Kier molecular flexibility index (Phi) is 7.06. The lowest BCUT2D eigenvalue weighted by molar-refractivity contribution is -0.135. The first-order valence-electron chi connectivity index (χ1n) is 10.1. The summed E-state index contributed by atoms with van der Waals surface area (Å²) in [4.78, 5) is 21.4. The fourth-order valence-corrected chi connectivity index (χ4v) is 4.34. The van der Waals surface area contributed by atoms with Crippen LogP contribution in [0.2, 0.25) is 5.02 Å². The summed E-state index contributed by atoms with van der Waals surface area (Å²) in [6.07, 6.45) is 0. The molecule has 4 rings (SSSR count). The van der Waals surface area contributed by atoms with E-state index in [1.165, 1.54) is 0 Å². The van der Waals surface area contributed by atoms with Crippen molar-refractivity contribution in [3.05, 3.63) is 64.6 Å². The zero-order chi connectivity index (χ0) is 21.6. The highest BCUT2D eigenvalue weighted by Gasteiger charge is 2.22. The zero-order valence-electron chi connectivity index (χ0n) is 17.3. The fraction of sp³-hybridized carbons (Fsp3) is 0.304. The van der Waals surface area contributed by atoms with Gasteiger partial charge in [-0.1, -0.05) is 11.6 Å². The summed E-state index contributed by atoms with van der Waals surface area (Å²) in [5.74, 6) is 1.49. The summed E-state index contributed by atoms with van der Waals surface area (Å²) in [7, 11) is 1.66. The molecule has 2 heterocycles. The van der Waals surface area contributed by atoms with Gasteiger partial charge in [0.25, 0.3) is 5.91 Å². The summed E-state index contributed by atoms with van der Waals surface area (Å²) >= 11 is 7.52. The number of aromatic nitrogens is 1. The van der Waals surface area contributed by atoms with Crippen LogP contribution in [0, 0.1) is 0 Å². The number of hydrogen-bond donors (Lipinski definition) is 0. The molecule has 0 bridgehead atoms. The highest BCUT2D eigenvalue weighted by molar-refractivity contribution is 7.13. The Morgan fingerprint density at radius 3 is 2.39 bits per heavy atom. The number of ether oxygens (including phenoxy) is 2. The number of nitrogens with zero attached hydrogens (tertiary/aromatic N) is 3. The monoisotopic (exact) mass is 457 g/mol. The Morgan fingerprint density at radius 2 is 1.71 bits per heavy atom. The standard InChI is InChI=1S/C23H24ClN3O3S/c1-29-20-6-2-17(3-7-20)23-25-19(16-31-23)14-26-10-12-27(13-11-26)22(28)15-30-21-8-4-18(24)5-9-21/h2-9,16H,10-15H2,1H3. The van der Waals surface area contributed by atoms with Gasteiger partial charge in [0.1, 0.15) is 16.5 Å². The van der Waals surface area contributed by atoms with E-state index in [9.17, 15) is 4.79 Å². The number of amides is 1. The van der Waals surface area contributed by atoms with E-state index in [-0.39, 0.29) is 12.5 Å². The van der Waals surface area contributed by atoms with E-state index in [2.05, 4.69) is 10.3 Å². The zero-order valence-corrected chi connectivity index (χ0v) is 18.9. The van der Waals surface area contributed by atoms with Crippen LogP contribution in [0.3, 0.4) is 0 Å². The number of carbonyl (C=O) groups is 1. The van der Waals surface area contributed by atoms with Crippen LogP contribution in [0.1, 0.15) is 5.69 Å². The molecule has 6 nitrogen and oxygen atoms in total. The quantitative estimate of drug-likeness (QED) is 0.532. The second-order valence-electron chi connectivity index (χ2n) is 7.27. The van der Waals surface area contributed by atoms with Crippen LogP contribution < -0.4 is 9.47 Å². The van der Waals surface area contributed by atoms with E-state index in [1.54, 1.807) is 42.7 Å². The molecule has 1 amide bonds. The molecule has 0 unspecified atom stereocenters. The average molecular weight is 458 g/mol. The van der Waals surface area contributed by atoms with Crippen molar-refractivity contribution in [1.82, 2.24) is 14.8 Å². The van der Waals surface area contributed by atoms with E-state index in [4.69, 9.17) is 26.1 Å². The Morgan fingerprint density at radius 1 is 1.03 bits per heavy atom. The van der Waals surface area contributed by atoms with Gasteiger partial charge < -0.3 is 14.4 Å². The van der Waals surface area contributed by atoms with E-state index in [1.807, 2.05) is 29.2 Å². The van der Waals surface area contributed by atoms with Gasteiger partial charge in [0.15, 0.2) is 6.61 Å². The van der Waals surface area contributed by atoms with Crippen molar-refractivity contribution in [1.29, 1.82) is 0 Å². The molecule has 0 radical (unpaired) electrons. The molecule has 0 spiro atoms. The molecule has 8 heteroatoms. The van der Waals surface area contributed by atoms with Crippen molar-refractivity contribution in [3.8, 4) is 22.1 Å². The Hall–Kier alpha value is -2.61. The van der Waals surface area contributed by atoms with Gasteiger partial charge >= 0.3 is 0 Å². The van der Waals surface area contributed by atoms with Crippen molar-refractivity contribution < 1.29 is 14.3 Å². The number of benzene rings is 2. The van der Waals surface area contributed by atoms with Crippen LogP contribution in [0.4, 0.5) is 0 Å². The van der Waals surface area contributed by atoms with Gasteiger partial charge in [0, 0.05) is 48.7 Å². The first-order chi connectivity index (χ1) is 15.1. The maximum atomic E-state index is 12.4. The summed E-state index contributed by atoms with van der Waals surface area (Å²) in [5.41, 5.74) is 2.15. The second kappa shape index (κ2) is 10.1. The lowest BCUT2D eigenvalue weighted by atomic mass is 10.2. The van der Waals surface area contributed by atoms with E-state index in [0.29, 0.717) is 23.9 Å². The molecule has 2 aromatic carbocycles. The maximum Gasteiger partial charge on any atom is 0.260 e. The number of hydrogen-bond acceptors (Lipinski definition) is 6. The number of carbonyl (C=O) groups excluding carboxylic acids is 1. The second-order valence-corrected chi connectivity index (χ2v) is 8.57. The number of piperazine rings is 1. The van der Waals surface area contributed by atoms with Crippen molar-refractivity contribution in [2.24, 2.45) is 0 Å². The molecular weight excluding hydrogens is 434 g/mol. The first kappa shape index (κ1) is 21.6. The van der Waals surface area contributed by atoms with Gasteiger partial charge in [0.2, 0.25) is 0 Å². The van der Waals surface area contributed by atoms with Crippen LogP contribution >= 0.6 is 22.9 Å². The minimum Gasteiger partial charge on any atom is -0.497 e. The van der Waals surface area contributed by atoms with Crippen molar-refractivity contribution in [3.63, 3.8) is 0 Å². The normalized spacial score (nSPS) is 14.5. The molecule has 31 heavy (non-hydrogen) atoms. The predicted octanol–water partition coefficient (Wildman–Crippen LogP) is 4.20. The number of halogens is 1. The molecule has 162 valence electrons. The molecule has 0 aliphatic carbocycles. The summed E-state index contributed by atoms with van der Waals surface area (Å²) in [6.45, 7) is 3.86. The Bertz CT molecular complexity index is 1000. The maximum absolute atomic E-state index is 12.4. The first-order valence-corrected chi connectivity index (χ1v) is 11.3. The Labute approximate surface area is 191 Å². The highest BCUT2D eigenvalue weighted by atomic mass is 35.5.